The molecule has 2 aromatic carbocycles. The molecule has 5 heteroatoms. The van der Waals surface area contributed by atoms with Crippen molar-refractivity contribution in [2.75, 3.05) is 12.0 Å². The second-order valence-corrected chi connectivity index (χ2v) is 8.05. The molecule has 1 aliphatic heterocycles. The molecule has 4 rings (SSSR count). The van der Waals surface area contributed by atoms with Crippen molar-refractivity contribution < 1.29 is 14.3 Å². The van der Waals surface area contributed by atoms with Crippen LogP contribution in [0.4, 0.5) is 5.69 Å². The Bertz CT molecular complexity index is 934. The standard InChI is InChI=1S/C25H28N2O3/c1-30-22-15-9-8-10-19(22)16-17-25(24(29)26-20-11-4-2-5-12-20)18-23(28)27(25)21-13-6-3-7-14-21/h3,6-10,13-17,20H,2,4-5,11-12,18H2,1H3,(H,26,29)/b17-16+. The molecule has 0 radical (unpaired) electrons. The Morgan fingerprint density at radius 2 is 1.77 bits per heavy atom. The minimum atomic E-state index is -1.03. The molecule has 0 spiro atoms. The molecule has 0 bridgehead atoms. The lowest BCUT2D eigenvalue weighted by Crippen LogP contribution is -2.70. The number of benzene rings is 2. The number of nitrogens with zero attached hydrogens (tertiary/aromatic N) is 1. The third-order valence-corrected chi connectivity index (χ3v) is 6.09. The van der Waals surface area contributed by atoms with Crippen LogP contribution in [0.2, 0.25) is 0 Å². The summed E-state index contributed by atoms with van der Waals surface area (Å²) >= 11 is 0. The van der Waals surface area contributed by atoms with Crippen LogP contribution in [0.5, 0.6) is 5.75 Å². The first-order chi connectivity index (χ1) is 14.6. The number of methoxy groups -OCH3 is 1. The number of carbonyl (C=O) groups is 2. The Labute approximate surface area is 177 Å². The van der Waals surface area contributed by atoms with E-state index in [0.717, 1.165) is 42.7 Å². The molecule has 1 saturated carbocycles. The Morgan fingerprint density at radius 3 is 2.47 bits per heavy atom. The Morgan fingerprint density at radius 1 is 1.07 bits per heavy atom. The van der Waals surface area contributed by atoms with Crippen LogP contribution in [0.15, 0.2) is 60.7 Å². The van der Waals surface area contributed by atoms with Gasteiger partial charge in [-0.25, -0.2) is 0 Å². The lowest BCUT2D eigenvalue weighted by molar-refractivity contribution is -0.137. The fourth-order valence-corrected chi connectivity index (χ4v) is 4.45. The van der Waals surface area contributed by atoms with Crippen molar-refractivity contribution >= 4 is 23.6 Å². The summed E-state index contributed by atoms with van der Waals surface area (Å²) in [6.07, 6.45) is 9.40. The van der Waals surface area contributed by atoms with Crippen LogP contribution in [0.3, 0.4) is 0 Å². The number of amides is 2. The molecule has 156 valence electrons. The van der Waals surface area contributed by atoms with Crippen LogP contribution in [-0.2, 0) is 9.59 Å². The van der Waals surface area contributed by atoms with Crippen LogP contribution in [0.25, 0.3) is 6.08 Å². The Balaban J connectivity index is 1.68. The quantitative estimate of drug-likeness (QED) is 0.729. The van der Waals surface area contributed by atoms with E-state index in [1.54, 1.807) is 12.0 Å². The lowest BCUT2D eigenvalue weighted by Gasteiger charge is -2.49. The van der Waals surface area contributed by atoms with Crippen molar-refractivity contribution in [1.29, 1.82) is 0 Å². The topological polar surface area (TPSA) is 58.6 Å². The van der Waals surface area contributed by atoms with Gasteiger partial charge in [-0.2, -0.15) is 0 Å². The molecule has 1 heterocycles. The number of nitrogens with one attached hydrogen (secondary N) is 1. The molecule has 2 amide bonds. The summed E-state index contributed by atoms with van der Waals surface area (Å²) in [6.45, 7) is 0. The van der Waals surface area contributed by atoms with E-state index in [4.69, 9.17) is 4.74 Å². The predicted octanol–water partition coefficient (Wildman–Crippen LogP) is 4.33. The molecule has 2 aliphatic rings. The molecule has 2 aromatic rings. The van der Waals surface area contributed by atoms with Gasteiger partial charge in [0.25, 0.3) is 5.91 Å². The number of hydrogen-bond donors (Lipinski definition) is 1. The zero-order valence-electron chi connectivity index (χ0n) is 17.3. The van der Waals surface area contributed by atoms with Crippen LogP contribution < -0.4 is 15.0 Å². The highest BCUT2D eigenvalue weighted by Crippen LogP contribution is 2.39. The molecular formula is C25H28N2O3. The molecule has 1 unspecified atom stereocenters. The second-order valence-electron chi connectivity index (χ2n) is 8.05. The molecule has 1 saturated heterocycles. The van der Waals surface area contributed by atoms with Gasteiger partial charge in [0.2, 0.25) is 5.91 Å². The number of anilines is 1. The van der Waals surface area contributed by atoms with Gasteiger partial charge in [0.1, 0.15) is 5.75 Å². The van der Waals surface area contributed by atoms with Gasteiger partial charge >= 0.3 is 0 Å². The maximum Gasteiger partial charge on any atom is 0.251 e. The van der Waals surface area contributed by atoms with Crippen LogP contribution in [0, 0.1) is 0 Å². The summed E-state index contributed by atoms with van der Waals surface area (Å²) in [5.41, 5.74) is 0.575. The minimum Gasteiger partial charge on any atom is -0.496 e. The molecule has 1 atom stereocenters. The molecule has 1 aliphatic carbocycles. The van der Waals surface area contributed by atoms with Crippen LogP contribution in [-0.4, -0.2) is 30.5 Å². The van der Waals surface area contributed by atoms with Crippen molar-refractivity contribution in [2.45, 2.75) is 50.1 Å². The van der Waals surface area contributed by atoms with Crippen molar-refractivity contribution in [2.24, 2.45) is 0 Å². The zero-order chi connectivity index (χ0) is 21.0. The first kappa shape index (κ1) is 20.2. The lowest BCUT2D eigenvalue weighted by atomic mass is 9.80. The van der Waals surface area contributed by atoms with Gasteiger partial charge < -0.3 is 10.1 Å². The zero-order valence-corrected chi connectivity index (χ0v) is 17.3. The van der Waals surface area contributed by atoms with Gasteiger partial charge in [0.15, 0.2) is 5.54 Å². The summed E-state index contributed by atoms with van der Waals surface area (Å²) in [4.78, 5) is 27.8. The molecule has 0 aromatic heterocycles. The van der Waals surface area contributed by atoms with Gasteiger partial charge in [-0.05, 0) is 37.1 Å². The Kier molecular flexibility index (Phi) is 5.88. The summed E-state index contributed by atoms with van der Waals surface area (Å²) in [6, 6.07) is 17.3. The van der Waals surface area contributed by atoms with Gasteiger partial charge in [0.05, 0.1) is 13.5 Å². The van der Waals surface area contributed by atoms with Gasteiger partial charge in [0, 0.05) is 17.3 Å². The average Bonchev–Trinajstić information content (AvgIpc) is 2.77. The predicted molar refractivity (Wildman–Crippen MR) is 118 cm³/mol. The fraction of sp³-hybridized carbons (Fsp3) is 0.360. The van der Waals surface area contributed by atoms with E-state index in [9.17, 15) is 9.59 Å². The third-order valence-electron chi connectivity index (χ3n) is 6.09. The smallest absolute Gasteiger partial charge is 0.251 e. The SMILES string of the molecule is COc1ccccc1/C=C/C1(C(=O)NC2CCCCC2)CC(=O)N1c1ccccc1. The molecule has 30 heavy (non-hydrogen) atoms. The first-order valence-corrected chi connectivity index (χ1v) is 10.7. The number of carbonyl (C=O) groups excluding carboxylic acids is 2. The van der Waals surface area contributed by atoms with E-state index < -0.39 is 5.54 Å². The van der Waals surface area contributed by atoms with Gasteiger partial charge in [-0.1, -0.05) is 61.7 Å². The average molecular weight is 405 g/mol. The largest absolute Gasteiger partial charge is 0.496 e. The van der Waals surface area contributed by atoms with E-state index >= 15 is 0 Å². The highest BCUT2D eigenvalue weighted by Gasteiger charge is 2.55. The number of para-hydroxylation sites is 2. The third kappa shape index (κ3) is 3.84. The van der Waals surface area contributed by atoms with Crippen molar-refractivity contribution in [1.82, 2.24) is 5.32 Å². The monoisotopic (exact) mass is 404 g/mol. The van der Waals surface area contributed by atoms with Crippen molar-refractivity contribution in [3.63, 3.8) is 0 Å². The van der Waals surface area contributed by atoms with E-state index in [0.29, 0.717) is 0 Å². The summed E-state index contributed by atoms with van der Waals surface area (Å²) < 4.78 is 5.44. The van der Waals surface area contributed by atoms with E-state index in [-0.39, 0.29) is 24.3 Å². The summed E-state index contributed by atoms with van der Waals surface area (Å²) in [5, 5.41) is 3.23. The van der Waals surface area contributed by atoms with E-state index in [2.05, 4.69) is 5.32 Å². The minimum absolute atomic E-state index is 0.0512. The maximum atomic E-state index is 13.5. The fourth-order valence-electron chi connectivity index (χ4n) is 4.45. The summed E-state index contributed by atoms with van der Waals surface area (Å²) in [7, 11) is 1.63. The maximum absolute atomic E-state index is 13.5. The van der Waals surface area contributed by atoms with Crippen molar-refractivity contribution in [3.05, 3.63) is 66.2 Å². The first-order valence-electron chi connectivity index (χ1n) is 10.7. The van der Waals surface area contributed by atoms with E-state index in [1.807, 2.05) is 66.7 Å². The number of hydrogen-bond acceptors (Lipinski definition) is 3. The van der Waals surface area contributed by atoms with E-state index in [1.165, 1.54) is 6.42 Å². The van der Waals surface area contributed by atoms with Gasteiger partial charge in [-0.15, -0.1) is 0 Å². The molecule has 5 nitrogen and oxygen atoms in total. The molecule has 1 N–H and O–H groups in total. The van der Waals surface area contributed by atoms with Crippen LogP contribution >= 0.6 is 0 Å². The van der Waals surface area contributed by atoms with Crippen LogP contribution in [0.1, 0.15) is 44.1 Å². The molecule has 2 fully saturated rings. The highest BCUT2D eigenvalue weighted by molar-refractivity contribution is 6.15. The normalized spacial score (nSPS) is 22.0. The van der Waals surface area contributed by atoms with Gasteiger partial charge in [-0.3, -0.25) is 14.5 Å². The van der Waals surface area contributed by atoms with Crippen molar-refractivity contribution in [3.8, 4) is 5.75 Å². The second kappa shape index (κ2) is 8.74. The highest BCUT2D eigenvalue weighted by atomic mass is 16.5. The number of ether oxygens (including phenoxy) is 1. The number of β-lactam (4-membered cyclic amide) rings is 1. The Hall–Kier alpha value is -3.08. The molecular weight excluding hydrogens is 376 g/mol. The summed E-state index contributed by atoms with van der Waals surface area (Å²) in [5.74, 6) is 0.571. The number of rotatable bonds is 6.